The Balaban J connectivity index is 1.80. The fourth-order valence-electron chi connectivity index (χ4n) is 2.91. The number of benzene rings is 2. The molecule has 0 saturated carbocycles. The Bertz CT molecular complexity index is 810. The smallest absolute Gasteiger partial charge is 0.173 e. The molecule has 1 aliphatic heterocycles. The van der Waals surface area contributed by atoms with Crippen molar-refractivity contribution in [2.24, 2.45) is 0 Å². The van der Waals surface area contributed by atoms with Crippen LogP contribution < -0.4 is 5.32 Å². The summed E-state index contributed by atoms with van der Waals surface area (Å²) in [5, 5.41) is 4.87. The zero-order chi connectivity index (χ0) is 19.4. The summed E-state index contributed by atoms with van der Waals surface area (Å²) in [5.74, 6) is -0.368. The summed E-state index contributed by atoms with van der Waals surface area (Å²) in [5.41, 5.74) is 1.02. The van der Waals surface area contributed by atoms with Gasteiger partial charge < -0.3 is 15.0 Å². The maximum absolute atomic E-state index is 14.3. The first-order valence-corrected chi connectivity index (χ1v) is 10.0. The molecule has 0 amide bonds. The van der Waals surface area contributed by atoms with Crippen molar-refractivity contribution in [2.45, 2.75) is 25.5 Å². The summed E-state index contributed by atoms with van der Waals surface area (Å²) >= 11 is 23.9. The molecular weight excluding hydrogens is 430 g/mol. The third-order valence-electron chi connectivity index (χ3n) is 4.32. The number of nitrogens with zero attached hydrogens (tertiary/aromatic N) is 1. The van der Waals surface area contributed by atoms with E-state index in [2.05, 4.69) is 5.32 Å². The van der Waals surface area contributed by atoms with E-state index >= 15 is 0 Å². The Hall–Kier alpha value is -1.11. The van der Waals surface area contributed by atoms with Gasteiger partial charge in [0.15, 0.2) is 5.11 Å². The summed E-state index contributed by atoms with van der Waals surface area (Å²) in [6.45, 7) is 1.48. The van der Waals surface area contributed by atoms with E-state index in [0.717, 1.165) is 19.4 Å². The van der Waals surface area contributed by atoms with Crippen molar-refractivity contribution in [1.29, 1.82) is 0 Å². The van der Waals surface area contributed by atoms with Gasteiger partial charge in [0.25, 0.3) is 0 Å². The number of ether oxygens (including phenoxy) is 1. The van der Waals surface area contributed by atoms with Crippen LogP contribution in [0.25, 0.3) is 0 Å². The van der Waals surface area contributed by atoms with Crippen LogP contribution in [-0.2, 0) is 11.3 Å². The van der Waals surface area contributed by atoms with Crippen molar-refractivity contribution in [3.05, 3.63) is 62.8 Å². The van der Waals surface area contributed by atoms with Crippen molar-refractivity contribution in [3.8, 4) is 0 Å². The molecule has 1 heterocycles. The summed E-state index contributed by atoms with van der Waals surface area (Å²) in [7, 11) is 0. The van der Waals surface area contributed by atoms with Gasteiger partial charge in [-0.2, -0.15) is 0 Å². The minimum Gasteiger partial charge on any atom is -0.376 e. The molecule has 0 aromatic heterocycles. The van der Waals surface area contributed by atoms with E-state index < -0.39 is 0 Å². The van der Waals surface area contributed by atoms with Gasteiger partial charge in [-0.25, -0.2) is 4.39 Å². The zero-order valence-electron chi connectivity index (χ0n) is 14.4. The standard InChI is InChI=1S/C19H18Cl3FN2OS/c20-12-6-7-18(16(22)9-12)24-19(27)25(10-13-3-2-8-26-13)11-14-15(21)4-1-5-17(14)23/h1,4-7,9,13H,2-3,8,10-11H2,(H,24,27)/t13-/m1/s1. The van der Waals surface area contributed by atoms with Crippen molar-refractivity contribution in [3.63, 3.8) is 0 Å². The van der Waals surface area contributed by atoms with Crippen LogP contribution in [-0.4, -0.2) is 29.3 Å². The van der Waals surface area contributed by atoms with Crippen LogP contribution in [0.1, 0.15) is 18.4 Å². The molecule has 2 aromatic carbocycles. The molecule has 3 nitrogen and oxygen atoms in total. The van der Waals surface area contributed by atoms with E-state index in [1.165, 1.54) is 6.07 Å². The first-order chi connectivity index (χ1) is 12.9. The van der Waals surface area contributed by atoms with E-state index in [9.17, 15) is 4.39 Å². The molecule has 1 N–H and O–H groups in total. The topological polar surface area (TPSA) is 24.5 Å². The summed E-state index contributed by atoms with van der Waals surface area (Å²) < 4.78 is 20.0. The molecule has 0 aliphatic carbocycles. The quantitative estimate of drug-likeness (QED) is 0.554. The lowest BCUT2D eigenvalue weighted by Gasteiger charge is -2.29. The molecule has 144 valence electrons. The third-order valence-corrected chi connectivity index (χ3v) is 5.58. The SMILES string of the molecule is Fc1cccc(Cl)c1CN(C[C@H]1CCCO1)C(=S)Nc1ccc(Cl)cc1Cl. The number of anilines is 1. The van der Waals surface area contributed by atoms with Crippen molar-refractivity contribution in [2.75, 3.05) is 18.5 Å². The Morgan fingerprint density at radius 2 is 2.04 bits per heavy atom. The fourth-order valence-corrected chi connectivity index (χ4v) is 3.84. The molecule has 8 heteroatoms. The Morgan fingerprint density at radius 3 is 2.70 bits per heavy atom. The fraction of sp³-hybridized carbons (Fsp3) is 0.316. The molecule has 1 saturated heterocycles. The van der Waals surface area contributed by atoms with Gasteiger partial charge in [0.2, 0.25) is 0 Å². The minimum absolute atomic E-state index is 0.0380. The van der Waals surface area contributed by atoms with Gasteiger partial charge in [-0.3, -0.25) is 0 Å². The highest BCUT2D eigenvalue weighted by molar-refractivity contribution is 7.80. The highest BCUT2D eigenvalue weighted by atomic mass is 35.5. The van der Waals surface area contributed by atoms with Crippen LogP contribution in [0.15, 0.2) is 36.4 Å². The Labute approximate surface area is 178 Å². The van der Waals surface area contributed by atoms with E-state index in [1.807, 2.05) is 4.90 Å². The normalized spacial score (nSPS) is 16.4. The number of hydrogen-bond acceptors (Lipinski definition) is 2. The van der Waals surface area contributed by atoms with E-state index in [4.69, 9.17) is 51.8 Å². The van der Waals surface area contributed by atoms with Gasteiger partial charge in [0, 0.05) is 35.3 Å². The third kappa shape index (κ3) is 5.46. The van der Waals surface area contributed by atoms with Gasteiger partial charge in [0.05, 0.1) is 16.8 Å². The van der Waals surface area contributed by atoms with Gasteiger partial charge in [-0.05, 0) is 55.4 Å². The lowest BCUT2D eigenvalue weighted by atomic mass is 10.1. The van der Waals surface area contributed by atoms with Crippen molar-refractivity contribution >= 4 is 57.8 Å². The highest BCUT2D eigenvalue weighted by Gasteiger charge is 2.23. The van der Waals surface area contributed by atoms with Gasteiger partial charge in [-0.1, -0.05) is 40.9 Å². The Morgan fingerprint density at radius 1 is 1.22 bits per heavy atom. The number of nitrogens with one attached hydrogen (secondary N) is 1. The van der Waals surface area contributed by atoms with E-state index in [-0.39, 0.29) is 18.5 Å². The van der Waals surface area contributed by atoms with Gasteiger partial charge >= 0.3 is 0 Å². The average molecular weight is 448 g/mol. The molecule has 0 radical (unpaired) electrons. The van der Waals surface area contributed by atoms with Crippen LogP contribution in [0, 0.1) is 5.82 Å². The Kier molecular flexibility index (Phi) is 7.17. The second-order valence-electron chi connectivity index (χ2n) is 6.27. The molecule has 1 atom stereocenters. The second kappa shape index (κ2) is 9.39. The number of thiocarbonyl (C=S) groups is 1. The molecule has 0 spiro atoms. The first kappa shape index (κ1) is 20.6. The lowest BCUT2D eigenvalue weighted by Crippen LogP contribution is -2.39. The predicted molar refractivity (Wildman–Crippen MR) is 113 cm³/mol. The number of hydrogen-bond donors (Lipinski definition) is 1. The van der Waals surface area contributed by atoms with E-state index in [1.54, 1.807) is 30.3 Å². The highest BCUT2D eigenvalue weighted by Crippen LogP contribution is 2.27. The minimum atomic E-state index is -0.368. The van der Waals surface area contributed by atoms with Crippen LogP contribution in [0.3, 0.4) is 0 Å². The molecule has 3 rings (SSSR count). The van der Waals surface area contributed by atoms with Crippen LogP contribution in [0.2, 0.25) is 15.1 Å². The van der Waals surface area contributed by atoms with Gasteiger partial charge in [0.1, 0.15) is 5.82 Å². The molecule has 1 aliphatic rings. The molecule has 27 heavy (non-hydrogen) atoms. The monoisotopic (exact) mass is 446 g/mol. The summed E-state index contributed by atoms with van der Waals surface area (Å²) in [4.78, 5) is 1.85. The molecule has 0 bridgehead atoms. The average Bonchev–Trinajstić information content (AvgIpc) is 3.12. The predicted octanol–water partition coefficient (Wildman–Crippen LogP) is 6.16. The van der Waals surface area contributed by atoms with Crippen molar-refractivity contribution in [1.82, 2.24) is 4.90 Å². The zero-order valence-corrected chi connectivity index (χ0v) is 17.4. The summed E-state index contributed by atoms with van der Waals surface area (Å²) in [6.07, 6.45) is 1.98. The lowest BCUT2D eigenvalue weighted by molar-refractivity contribution is 0.0903. The largest absolute Gasteiger partial charge is 0.376 e. The second-order valence-corrected chi connectivity index (χ2v) is 7.91. The number of rotatable bonds is 5. The molecular formula is C19H18Cl3FN2OS. The molecule has 0 unspecified atom stereocenters. The summed E-state index contributed by atoms with van der Waals surface area (Å²) in [6, 6.07) is 9.73. The van der Waals surface area contributed by atoms with Gasteiger partial charge in [-0.15, -0.1) is 0 Å². The molecule has 2 aromatic rings. The van der Waals surface area contributed by atoms with E-state index in [0.29, 0.717) is 38.0 Å². The first-order valence-electron chi connectivity index (χ1n) is 8.49. The van der Waals surface area contributed by atoms with Crippen molar-refractivity contribution < 1.29 is 9.13 Å². The van der Waals surface area contributed by atoms with Crippen LogP contribution >= 0.6 is 47.0 Å². The maximum atomic E-state index is 14.3. The number of halogens is 4. The van der Waals surface area contributed by atoms with Crippen LogP contribution in [0.4, 0.5) is 10.1 Å². The maximum Gasteiger partial charge on any atom is 0.173 e. The molecule has 1 fully saturated rings. The van der Waals surface area contributed by atoms with Crippen LogP contribution in [0.5, 0.6) is 0 Å².